The van der Waals surface area contributed by atoms with Crippen molar-refractivity contribution >= 4 is 17.4 Å². The first-order chi connectivity index (χ1) is 11.9. The molecule has 3 aromatic rings. The number of hydrogen-bond acceptors (Lipinski definition) is 2. The quantitative estimate of drug-likeness (QED) is 0.546. The Morgan fingerprint density at radius 1 is 1.12 bits per heavy atom. The van der Waals surface area contributed by atoms with Crippen molar-refractivity contribution in [1.82, 2.24) is 4.98 Å². The molecule has 0 fully saturated rings. The highest BCUT2D eigenvalue weighted by Crippen LogP contribution is 2.32. The Labute approximate surface area is 141 Å². The van der Waals surface area contributed by atoms with Gasteiger partial charge >= 0.3 is 6.18 Å². The van der Waals surface area contributed by atoms with Crippen LogP contribution in [0.1, 0.15) is 27.8 Å². The molecule has 6 heteroatoms. The molecule has 128 valence electrons. The summed E-state index contributed by atoms with van der Waals surface area (Å²) in [6.45, 7) is -0.250. The fourth-order valence-electron chi connectivity index (χ4n) is 3.04. The zero-order valence-corrected chi connectivity index (χ0v) is 13.0. The van der Waals surface area contributed by atoms with Gasteiger partial charge in [0.2, 0.25) is 0 Å². The van der Waals surface area contributed by atoms with E-state index in [2.05, 4.69) is 17.1 Å². The zero-order chi connectivity index (χ0) is 18.0. The maximum atomic E-state index is 12.6. The van der Waals surface area contributed by atoms with E-state index in [0.29, 0.717) is 6.42 Å². The Hall–Kier alpha value is -2.89. The maximum Gasteiger partial charge on any atom is 0.416 e. The van der Waals surface area contributed by atoms with Gasteiger partial charge in [0.25, 0.3) is 6.47 Å². The van der Waals surface area contributed by atoms with Gasteiger partial charge in [-0.1, -0.05) is 18.2 Å². The van der Waals surface area contributed by atoms with Crippen molar-refractivity contribution in [2.75, 3.05) is 0 Å². The highest BCUT2D eigenvalue weighted by atomic mass is 19.4. The second-order valence-corrected chi connectivity index (χ2v) is 5.77. The SMILES string of the molecule is FC(F)(F)c1ccc(Cc2cnc3ccc4cc3c2C4)cc1.O=CO. The van der Waals surface area contributed by atoms with E-state index >= 15 is 0 Å². The number of nitrogens with zero attached hydrogens (tertiary/aromatic N) is 1. The summed E-state index contributed by atoms with van der Waals surface area (Å²) in [5.41, 5.74) is 4.85. The van der Waals surface area contributed by atoms with Crippen LogP contribution < -0.4 is 0 Å². The van der Waals surface area contributed by atoms with E-state index in [0.717, 1.165) is 35.2 Å². The van der Waals surface area contributed by atoms with Crippen LogP contribution in [0.15, 0.2) is 48.7 Å². The molecule has 0 aliphatic heterocycles. The first kappa shape index (κ1) is 17.0. The second-order valence-electron chi connectivity index (χ2n) is 5.77. The molecule has 2 aromatic carbocycles. The number of carbonyl (C=O) groups is 1. The molecule has 0 spiro atoms. The molecule has 0 radical (unpaired) electrons. The monoisotopic (exact) mass is 345 g/mol. The Bertz CT molecular complexity index is 918. The summed E-state index contributed by atoms with van der Waals surface area (Å²) in [5.74, 6) is 0. The standard InChI is InChI=1S/C18H12F3N.CH2O2/c19-18(20,21)14-4-1-11(2-5-14)7-13-10-22-17-6-3-12-8-15(13)16(17)9-12;2-1-3/h1-6,9-10H,7-8H2;1H,(H,2,3). The van der Waals surface area contributed by atoms with Crippen LogP contribution in [0.3, 0.4) is 0 Å². The first-order valence-corrected chi connectivity index (χ1v) is 7.55. The van der Waals surface area contributed by atoms with Gasteiger partial charge in [0.05, 0.1) is 11.1 Å². The lowest BCUT2D eigenvalue weighted by Gasteiger charge is -2.10. The van der Waals surface area contributed by atoms with E-state index in [-0.39, 0.29) is 6.47 Å². The number of carboxylic acid groups (broad SMARTS) is 1. The zero-order valence-electron chi connectivity index (χ0n) is 13.0. The summed E-state index contributed by atoms with van der Waals surface area (Å²) < 4.78 is 37.8. The Balaban J connectivity index is 0.000000569. The van der Waals surface area contributed by atoms with Crippen LogP contribution >= 0.6 is 0 Å². The Kier molecular flexibility index (Phi) is 4.44. The van der Waals surface area contributed by atoms with Gasteiger partial charge in [-0.05, 0) is 59.4 Å². The Morgan fingerprint density at radius 3 is 2.44 bits per heavy atom. The minimum atomic E-state index is -4.29. The van der Waals surface area contributed by atoms with Crippen molar-refractivity contribution in [1.29, 1.82) is 0 Å². The van der Waals surface area contributed by atoms with Crippen LogP contribution in [0.4, 0.5) is 13.2 Å². The third-order valence-electron chi connectivity index (χ3n) is 4.19. The van der Waals surface area contributed by atoms with Gasteiger partial charge in [-0.15, -0.1) is 0 Å². The van der Waals surface area contributed by atoms with Crippen LogP contribution in [0.25, 0.3) is 10.9 Å². The van der Waals surface area contributed by atoms with Crippen molar-refractivity contribution in [2.24, 2.45) is 0 Å². The minimum absolute atomic E-state index is 0.250. The van der Waals surface area contributed by atoms with Gasteiger partial charge in [0, 0.05) is 11.6 Å². The lowest BCUT2D eigenvalue weighted by Crippen LogP contribution is -2.04. The van der Waals surface area contributed by atoms with E-state index < -0.39 is 11.7 Å². The van der Waals surface area contributed by atoms with Gasteiger partial charge < -0.3 is 5.11 Å². The van der Waals surface area contributed by atoms with Crippen molar-refractivity contribution in [3.8, 4) is 0 Å². The van der Waals surface area contributed by atoms with Crippen LogP contribution in [0.5, 0.6) is 0 Å². The van der Waals surface area contributed by atoms with E-state index in [4.69, 9.17) is 9.90 Å². The van der Waals surface area contributed by atoms with Gasteiger partial charge in [-0.3, -0.25) is 9.78 Å². The molecule has 3 nitrogen and oxygen atoms in total. The third kappa shape index (κ3) is 3.47. The largest absolute Gasteiger partial charge is 0.483 e. The minimum Gasteiger partial charge on any atom is -0.483 e. The van der Waals surface area contributed by atoms with Crippen molar-refractivity contribution < 1.29 is 23.1 Å². The van der Waals surface area contributed by atoms with Crippen LogP contribution in [-0.2, 0) is 23.8 Å². The van der Waals surface area contributed by atoms with Crippen LogP contribution in [0, 0.1) is 0 Å². The predicted octanol–water partition coefficient (Wildman–Crippen LogP) is 4.45. The van der Waals surface area contributed by atoms with Gasteiger partial charge in [0.15, 0.2) is 0 Å². The molecule has 0 saturated heterocycles. The summed E-state index contributed by atoms with van der Waals surface area (Å²) in [6, 6.07) is 11.6. The molecule has 1 aliphatic carbocycles. The molecule has 0 amide bonds. The van der Waals surface area contributed by atoms with Gasteiger partial charge in [-0.2, -0.15) is 13.2 Å². The lowest BCUT2D eigenvalue weighted by molar-refractivity contribution is -0.137. The molecular weight excluding hydrogens is 331 g/mol. The molecular formula is C19H14F3NO2. The summed E-state index contributed by atoms with van der Waals surface area (Å²) >= 11 is 0. The van der Waals surface area contributed by atoms with Crippen LogP contribution in [0.2, 0.25) is 0 Å². The molecule has 0 atom stereocenters. The van der Waals surface area contributed by atoms with Crippen molar-refractivity contribution in [2.45, 2.75) is 19.0 Å². The van der Waals surface area contributed by atoms with Gasteiger partial charge in [0.1, 0.15) is 0 Å². The topological polar surface area (TPSA) is 50.2 Å². The highest BCUT2D eigenvalue weighted by molar-refractivity contribution is 5.87. The van der Waals surface area contributed by atoms with E-state index in [1.807, 2.05) is 12.3 Å². The number of alkyl halides is 3. The number of halogens is 3. The average molecular weight is 345 g/mol. The number of aromatic nitrogens is 1. The summed E-state index contributed by atoms with van der Waals surface area (Å²) in [7, 11) is 0. The molecule has 25 heavy (non-hydrogen) atoms. The number of pyridine rings is 1. The molecule has 1 aromatic heterocycles. The Morgan fingerprint density at radius 2 is 1.80 bits per heavy atom. The molecule has 0 saturated carbocycles. The second kappa shape index (κ2) is 6.55. The first-order valence-electron chi connectivity index (χ1n) is 7.55. The lowest BCUT2D eigenvalue weighted by atomic mass is 9.99. The molecule has 1 aliphatic rings. The molecule has 2 bridgehead atoms. The normalized spacial score (nSPS) is 12.1. The summed E-state index contributed by atoms with van der Waals surface area (Å²) in [4.78, 5) is 12.8. The molecule has 4 rings (SSSR count). The molecule has 1 N–H and O–H groups in total. The van der Waals surface area contributed by atoms with Crippen molar-refractivity contribution in [3.63, 3.8) is 0 Å². The number of hydrogen-bond donors (Lipinski definition) is 1. The highest BCUT2D eigenvalue weighted by Gasteiger charge is 2.30. The smallest absolute Gasteiger partial charge is 0.416 e. The number of benzene rings is 2. The van der Waals surface area contributed by atoms with Crippen molar-refractivity contribution in [3.05, 3.63) is 76.5 Å². The maximum absolute atomic E-state index is 12.6. The van der Waals surface area contributed by atoms with E-state index in [1.54, 1.807) is 12.1 Å². The fourth-order valence-corrected chi connectivity index (χ4v) is 3.04. The van der Waals surface area contributed by atoms with Crippen LogP contribution in [-0.4, -0.2) is 16.6 Å². The predicted molar refractivity (Wildman–Crippen MR) is 87.5 cm³/mol. The average Bonchev–Trinajstić information content (AvgIpc) is 2.96. The third-order valence-corrected chi connectivity index (χ3v) is 4.19. The number of fused-ring (bicyclic) bond motifs is 1. The molecule has 0 unspecified atom stereocenters. The van der Waals surface area contributed by atoms with E-state index in [1.165, 1.54) is 16.5 Å². The fraction of sp³-hybridized carbons (Fsp3) is 0.158. The summed E-state index contributed by atoms with van der Waals surface area (Å²) in [5, 5.41) is 8.06. The van der Waals surface area contributed by atoms with E-state index in [9.17, 15) is 13.2 Å². The number of rotatable bonds is 2. The summed E-state index contributed by atoms with van der Waals surface area (Å²) in [6.07, 6.45) is -0.948. The molecule has 1 heterocycles. The van der Waals surface area contributed by atoms with Gasteiger partial charge in [-0.25, -0.2) is 0 Å².